The third kappa shape index (κ3) is 3.82. The van der Waals surface area contributed by atoms with Gasteiger partial charge in [-0.1, -0.05) is 41.7 Å². The molecule has 0 amide bonds. The number of alkyl halides is 2. The van der Waals surface area contributed by atoms with Crippen LogP contribution in [0.15, 0.2) is 52.4 Å². The van der Waals surface area contributed by atoms with Gasteiger partial charge in [0.2, 0.25) is 0 Å². The normalized spacial score (nSPS) is 15.4. The lowest BCUT2D eigenvalue weighted by Gasteiger charge is -2.04. The number of hydrogen-bond acceptors (Lipinski definition) is 4. The molecule has 0 saturated carbocycles. The molecule has 124 valence electrons. The average Bonchev–Trinajstić information content (AvgIpc) is 2.82. The van der Waals surface area contributed by atoms with Gasteiger partial charge >= 0.3 is 6.29 Å². The van der Waals surface area contributed by atoms with Crippen LogP contribution in [0.3, 0.4) is 0 Å². The van der Waals surface area contributed by atoms with Crippen molar-refractivity contribution >= 4 is 34.1 Å². The van der Waals surface area contributed by atoms with Crippen LogP contribution in [0.5, 0.6) is 11.5 Å². The maximum atomic E-state index is 13.0. The van der Waals surface area contributed by atoms with Crippen LogP contribution < -0.4 is 15.2 Å². The fourth-order valence-corrected chi connectivity index (χ4v) is 3.01. The van der Waals surface area contributed by atoms with Crippen molar-refractivity contribution in [2.75, 3.05) is 0 Å². The molecule has 8 heteroatoms. The van der Waals surface area contributed by atoms with Crippen molar-refractivity contribution in [2.45, 2.75) is 18.1 Å². The van der Waals surface area contributed by atoms with Crippen LogP contribution >= 0.6 is 24.0 Å². The molecule has 0 atom stereocenters. The lowest BCUT2D eigenvalue weighted by molar-refractivity contribution is -0.286. The van der Waals surface area contributed by atoms with Gasteiger partial charge < -0.3 is 15.2 Å². The molecule has 0 radical (unpaired) electrons. The van der Waals surface area contributed by atoms with E-state index in [-0.39, 0.29) is 17.3 Å². The van der Waals surface area contributed by atoms with E-state index in [9.17, 15) is 8.78 Å². The number of hydrogen-bond donors (Lipinski definition) is 1. The molecule has 1 aliphatic rings. The smallest absolute Gasteiger partial charge is 0.395 e. The van der Waals surface area contributed by atoms with E-state index in [1.807, 2.05) is 31.2 Å². The molecular formula is C16H12F2N2O2S2. The highest BCUT2D eigenvalue weighted by Crippen LogP contribution is 2.41. The van der Waals surface area contributed by atoms with Crippen LogP contribution in [0, 0.1) is 6.92 Å². The van der Waals surface area contributed by atoms with E-state index in [0.29, 0.717) is 9.88 Å². The molecule has 2 aromatic rings. The van der Waals surface area contributed by atoms with Gasteiger partial charge in [-0.15, -0.1) is 8.78 Å². The fraction of sp³-hybridized carbons (Fsp3) is 0.125. The summed E-state index contributed by atoms with van der Waals surface area (Å²) < 4.78 is 35.1. The zero-order valence-electron chi connectivity index (χ0n) is 12.5. The molecule has 0 aromatic heterocycles. The van der Waals surface area contributed by atoms with Gasteiger partial charge in [0.15, 0.2) is 15.8 Å². The van der Waals surface area contributed by atoms with E-state index in [0.717, 1.165) is 10.5 Å². The van der Waals surface area contributed by atoms with Crippen molar-refractivity contribution in [1.29, 1.82) is 0 Å². The molecule has 0 bridgehead atoms. The van der Waals surface area contributed by atoms with Crippen molar-refractivity contribution in [3.05, 3.63) is 53.6 Å². The fourth-order valence-electron chi connectivity index (χ4n) is 2.00. The van der Waals surface area contributed by atoms with Gasteiger partial charge in [-0.05, 0) is 37.3 Å². The van der Waals surface area contributed by atoms with Gasteiger partial charge in [-0.3, -0.25) is 0 Å². The van der Waals surface area contributed by atoms with E-state index in [4.69, 9.17) is 18.0 Å². The number of rotatable bonds is 2. The third-order valence-corrected chi connectivity index (χ3v) is 4.25. The summed E-state index contributed by atoms with van der Waals surface area (Å²) in [6.07, 6.45) is -3.66. The van der Waals surface area contributed by atoms with Gasteiger partial charge in [0.25, 0.3) is 0 Å². The Labute approximate surface area is 146 Å². The highest BCUT2D eigenvalue weighted by atomic mass is 32.2. The highest BCUT2D eigenvalue weighted by Gasteiger charge is 2.43. The lowest BCUT2D eigenvalue weighted by atomic mass is 10.2. The Morgan fingerprint density at radius 2 is 1.79 bits per heavy atom. The highest BCUT2D eigenvalue weighted by molar-refractivity contribution is 8.23. The number of halogens is 2. The monoisotopic (exact) mass is 366 g/mol. The van der Waals surface area contributed by atoms with E-state index in [1.165, 1.54) is 30.0 Å². The van der Waals surface area contributed by atoms with Crippen molar-refractivity contribution in [3.8, 4) is 11.5 Å². The first-order chi connectivity index (χ1) is 11.3. The average molecular weight is 366 g/mol. The van der Waals surface area contributed by atoms with Gasteiger partial charge in [0.1, 0.15) is 5.84 Å². The summed E-state index contributed by atoms with van der Waals surface area (Å²) in [5.41, 5.74) is 7.46. The molecule has 1 aliphatic heterocycles. The van der Waals surface area contributed by atoms with Crippen LogP contribution in [0.4, 0.5) is 8.78 Å². The second-order valence-corrected chi connectivity index (χ2v) is 6.71. The van der Waals surface area contributed by atoms with Crippen LogP contribution in [-0.2, 0) is 0 Å². The Bertz CT molecular complexity index is 823. The van der Waals surface area contributed by atoms with Gasteiger partial charge in [0, 0.05) is 10.5 Å². The summed E-state index contributed by atoms with van der Waals surface area (Å²) in [5, 5.41) is 0. The summed E-state index contributed by atoms with van der Waals surface area (Å²) >= 11 is 6.49. The quantitative estimate of drug-likeness (QED) is 0.375. The Kier molecular flexibility index (Phi) is 4.42. The summed E-state index contributed by atoms with van der Waals surface area (Å²) in [7, 11) is 0. The number of aryl methyl sites for hydroxylation is 1. The molecule has 3 rings (SSSR count). The van der Waals surface area contributed by atoms with E-state index in [2.05, 4.69) is 14.5 Å². The molecule has 24 heavy (non-hydrogen) atoms. The SMILES string of the molecule is Cc1ccc(SC(=S)N=C(N)c2ccc3c(c2)OC(F)(F)O3)cc1. The van der Waals surface area contributed by atoms with E-state index in [1.54, 1.807) is 0 Å². The summed E-state index contributed by atoms with van der Waals surface area (Å²) in [5.74, 6) is -0.0258. The predicted octanol–water partition coefficient (Wildman–Crippen LogP) is 4.10. The molecular weight excluding hydrogens is 354 g/mol. The summed E-state index contributed by atoms with van der Waals surface area (Å²) in [6, 6.07) is 12.0. The number of nitrogens with two attached hydrogens (primary N) is 1. The number of nitrogens with zero attached hydrogens (tertiary/aromatic N) is 1. The van der Waals surface area contributed by atoms with Gasteiger partial charge in [0.05, 0.1) is 0 Å². The molecule has 0 aliphatic carbocycles. The second-order valence-electron chi connectivity index (χ2n) is 5.01. The maximum absolute atomic E-state index is 13.0. The number of thiocarbonyl (C=S) groups is 1. The molecule has 0 spiro atoms. The first kappa shape index (κ1) is 16.7. The Balaban J connectivity index is 1.74. The van der Waals surface area contributed by atoms with Crippen molar-refractivity contribution in [2.24, 2.45) is 10.7 Å². The maximum Gasteiger partial charge on any atom is 0.586 e. The summed E-state index contributed by atoms with van der Waals surface area (Å²) in [6.45, 7) is 1.99. The molecule has 1 heterocycles. The minimum Gasteiger partial charge on any atom is -0.395 e. The Morgan fingerprint density at radius 3 is 2.50 bits per heavy atom. The number of fused-ring (bicyclic) bond motifs is 1. The van der Waals surface area contributed by atoms with Crippen molar-refractivity contribution in [1.82, 2.24) is 0 Å². The van der Waals surface area contributed by atoms with Crippen LogP contribution in [0.25, 0.3) is 0 Å². The Hall–Kier alpha value is -2.19. The van der Waals surface area contributed by atoms with Crippen molar-refractivity contribution in [3.63, 3.8) is 0 Å². The minimum absolute atomic E-state index is 0.0480. The number of amidine groups is 1. The van der Waals surface area contributed by atoms with E-state index >= 15 is 0 Å². The minimum atomic E-state index is -3.66. The predicted molar refractivity (Wildman–Crippen MR) is 93.0 cm³/mol. The standard InChI is InChI=1S/C16H12F2N2O2S2/c1-9-2-5-11(6-3-9)24-15(23)20-14(19)10-4-7-12-13(8-10)22-16(17,18)21-12/h2-8H,1H3,(H2,19,20,23). The molecule has 0 saturated heterocycles. The second kappa shape index (κ2) is 6.37. The van der Waals surface area contributed by atoms with E-state index < -0.39 is 6.29 Å². The van der Waals surface area contributed by atoms with Crippen LogP contribution in [0.2, 0.25) is 0 Å². The zero-order valence-corrected chi connectivity index (χ0v) is 14.1. The van der Waals surface area contributed by atoms with Crippen LogP contribution in [-0.4, -0.2) is 16.5 Å². The largest absolute Gasteiger partial charge is 0.586 e. The number of thioether (sulfide) groups is 1. The lowest BCUT2D eigenvalue weighted by Crippen LogP contribution is -2.25. The number of ether oxygens (including phenoxy) is 2. The molecule has 2 aromatic carbocycles. The topological polar surface area (TPSA) is 56.8 Å². The molecule has 0 fully saturated rings. The zero-order chi connectivity index (χ0) is 17.3. The summed E-state index contributed by atoms with van der Waals surface area (Å²) in [4.78, 5) is 5.07. The molecule has 4 nitrogen and oxygen atoms in total. The first-order valence-electron chi connectivity index (χ1n) is 6.85. The number of aliphatic imine (C=N–C) groups is 1. The van der Waals surface area contributed by atoms with Crippen LogP contribution in [0.1, 0.15) is 11.1 Å². The third-order valence-electron chi connectivity index (χ3n) is 3.13. The first-order valence-corrected chi connectivity index (χ1v) is 8.08. The number of benzene rings is 2. The van der Waals surface area contributed by atoms with Crippen molar-refractivity contribution < 1.29 is 18.3 Å². The molecule has 2 N–H and O–H groups in total. The van der Waals surface area contributed by atoms with Gasteiger partial charge in [-0.2, -0.15) is 0 Å². The molecule has 0 unspecified atom stereocenters. The van der Waals surface area contributed by atoms with Gasteiger partial charge in [-0.25, -0.2) is 4.99 Å². The Morgan fingerprint density at radius 1 is 1.12 bits per heavy atom.